The van der Waals surface area contributed by atoms with E-state index in [1.54, 1.807) is 0 Å². The minimum Gasteiger partial charge on any atom is -0.378 e. The third-order valence-corrected chi connectivity index (χ3v) is 5.37. The van der Waals surface area contributed by atoms with Crippen molar-refractivity contribution in [3.8, 4) is 0 Å². The number of thioether (sulfide) groups is 1. The van der Waals surface area contributed by atoms with Crippen molar-refractivity contribution in [2.45, 2.75) is 32.7 Å². The number of amides is 1. The summed E-state index contributed by atoms with van der Waals surface area (Å²) in [6.45, 7) is 8.34. The number of hydrogen-bond donors (Lipinski definition) is 1. The summed E-state index contributed by atoms with van der Waals surface area (Å²) in [7, 11) is 0. The highest BCUT2D eigenvalue weighted by Gasteiger charge is 2.28. The molecule has 2 heterocycles. The lowest BCUT2D eigenvalue weighted by atomic mass is 9.88. The molecule has 0 saturated carbocycles. The summed E-state index contributed by atoms with van der Waals surface area (Å²) in [5.74, 6) is 2.69. The largest absolute Gasteiger partial charge is 0.378 e. The molecule has 2 saturated heterocycles. The van der Waals surface area contributed by atoms with Crippen LogP contribution in [0.5, 0.6) is 0 Å². The van der Waals surface area contributed by atoms with Crippen LogP contribution in [0.3, 0.4) is 0 Å². The summed E-state index contributed by atoms with van der Waals surface area (Å²) in [6, 6.07) is 0.561. The quantitative estimate of drug-likeness (QED) is 0.847. The highest BCUT2D eigenvalue weighted by atomic mass is 32.2. The Balaban J connectivity index is 1.64. The molecule has 4 nitrogen and oxygen atoms in total. The number of carbonyl (C=O) groups excluding carboxylic acids is 1. The molecule has 1 unspecified atom stereocenters. The minimum absolute atomic E-state index is 0.263. The Bertz CT molecular complexity index is 304. The van der Waals surface area contributed by atoms with E-state index < -0.39 is 0 Å². The first kappa shape index (κ1) is 15.1. The second kappa shape index (κ2) is 6.95. The van der Waals surface area contributed by atoms with E-state index in [9.17, 15) is 4.79 Å². The molecule has 0 aromatic carbocycles. The van der Waals surface area contributed by atoms with Gasteiger partial charge in [0.2, 0.25) is 5.91 Å². The van der Waals surface area contributed by atoms with Crippen LogP contribution >= 0.6 is 11.8 Å². The standard InChI is InChI=1S/C14H26N2O2S/c1-14(2)9-12(10-19-11-14)15-4-3-13(17)16-5-7-18-8-6-16/h12,15H,3-11H2,1-2H3. The average Bonchev–Trinajstić information content (AvgIpc) is 2.38. The second-order valence-corrected chi connectivity index (χ2v) is 7.31. The molecule has 0 aliphatic carbocycles. The van der Waals surface area contributed by atoms with Crippen LogP contribution in [-0.4, -0.2) is 61.2 Å². The van der Waals surface area contributed by atoms with Crippen molar-refractivity contribution in [2.24, 2.45) is 5.41 Å². The van der Waals surface area contributed by atoms with Crippen LogP contribution in [0.2, 0.25) is 0 Å². The van der Waals surface area contributed by atoms with Gasteiger partial charge in [0.15, 0.2) is 0 Å². The zero-order valence-corrected chi connectivity index (χ0v) is 12.9. The van der Waals surface area contributed by atoms with Gasteiger partial charge in [-0.3, -0.25) is 4.79 Å². The number of ether oxygens (including phenoxy) is 1. The predicted molar refractivity (Wildman–Crippen MR) is 79.5 cm³/mol. The van der Waals surface area contributed by atoms with Crippen LogP contribution in [0, 0.1) is 5.41 Å². The van der Waals surface area contributed by atoms with Gasteiger partial charge >= 0.3 is 0 Å². The van der Waals surface area contributed by atoms with Crippen LogP contribution in [0.4, 0.5) is 0 Å². The number of nitrogens with zero attached hydrogens (tertiary/aromatic N) is 1. The Hall–Kier alpha value is -0.260. The van der Waals surface area contributed by atoms with E-state index in [4.69, 9.17) is 4.74 Å². The Labute approximate surface area is 120 Å². The average molecular weight is 286 g/mol. The van der Waals surface area contributed by atoms with E-state index >= 15 is 0 Å². The first-order valence-corrected chi connectivity index (χ1v) is 8.39. The summed E-state index contributed by atoms with van der Waals surface area (Å²) >= 11 is 2.02. The summed E-state index contributed by atoms with van der Waals surface area (Å²) < 4.78 is 5.26. The van der Waals surface area contributed by atoms with Gasteiger partial charge < -0.3 is 15.0 Å². The Morgan fingerprint density at radius 3 is 2.84 bits per heavy atom. The molecular formula is C14H26N2O2S. The topological polar surface area (TPSA) is 41.6 Å². The molecule has 2 rings (SSSR count). The fraction of sp³-hybridized carbons (Fsp3) is 0.929. The first-order valence-electron chi connectivity index (χ1n) is 7.23. The zero-order chi connectivity index (χ0) is 13.7. The Morgan fingerprint density at radius 2 is 2.16 bits per heavy atom. The van der Waals surface area contributed by atoms with E-state index in [1.807, 2.05) is 16.7 Å². The number of rotatable bonds is 4. The van der Waals surface area contributed by atoms with Crippen molar-refractivity contribution in [3.63, 3.8) is 0 Å². The third kappa shape index (κ3) is 4.97. The molecule has 2 aliphatic rings. The van der Waals surface area contributed by atoms with Crippen molar-refractivity contribution in [2.75, 3.05) is 44.4 Å². The van der Waals surface area contributed by atoms with E-state index in [1.165, 1.54) is 17.9 Å². The third-order valence-electron chi connectivity index (χ3n) is 3.75. The van der Waals surface area contributed by atoms with Crippen molar-refractivity contribution in [1.82, 2.24) is 10.2 Å². The van der Waals surface area contributed by atoms with E-state index in [-0.39, 0.29) is 5.91 Å². The smallest absolute Gasteiger partial charge is 0.224 e. The maximum Gasteiger partial charge on any atom is 0.224 e. The maximum absolute atomic E-state index is 12.0. The van der Waals surface area contributed by atoms with Crippen LogP contribution in [-0.2, 0) is 9.53 Å². The maximum atomic E-state index is 12.0. The molecule has 1 atom stereocenters. The lowest BCUT2D eigenvalue weighted by molar-refractivity contribution is -0.135. The molecule has 5 heteroatoms. The van der Waals surface area contributed by atoms with E-state index in [2.05, 4.69) is 19.2 Å². The van der Waals surface area contributed by atoms with Gasteiger partial charge in [-0.15, -0.1) is 0 Å². The molecule has 2 fully saturated rings. The number of hydrogen-bond acceptors (Lipinski definition) is 4. The second-order valence-electron chi connectivity index (χ2n) is 6.28. The molecule has 110 valence electrons. The number of morpholine rings is 1. The molecule has 0 aromatic rings. The summed E-state index contributed by atoms with van der Waals surface area (Å²) in [5.41, 5.74) is 0.425. The van der Waals surface area contributed by atoms with E-state index in [0.717, 1.165) is 19.6 Å². The summed E-state index contributed by atoms with van der Waals surface area (Å²) in [6.07, 6.45) is 1.83. The molecule has 0 radical (unpaired) electrons. The minimum atomic E-state index is 0.263. The molecule has 0 bridgehead atoms. The van der Waals surface area contributed by atoms with Crippen molar-refractivity contribution >= 4 is 17.7 Å². The zero-order valence-electron chi connectivity index (χ0n) is 12.1. The molecule has 19 heavy (non-hydrogen) atoms. The van der Waals surface area contributed by atoms with Crippen LogP contribution < -0.4 is 5.32 Å². The Kier molecular flexibility index (Phi) is 5.54. The van der Waals surface area contributed by atoms with Gasteiger partial charge in [0.25, 0.3) is 0 Å². The van der Waals surface area contributed by atoms with Gasteiger partial charge in [0.1, 0.15) is 0 Å². The highest BCUT2D eigenvalue weighted by molar-refractivity contribution is 7.99. The van der Waals surface area contributed by atoms with Crippen molar-refractivity contribution < 1.29 is 9.53 Å². The molecule has 1 N–H and O–H groups in total. The van der Waals surface area contributed by atoms with Gasteiger partial charge in [0.05, 0.1) is 13.2 Å². The van der Waals surface area contributed by atoms with Gasteiger partial charge in [0, 0.05) is 37.8 Å². The lowest BCUT2D eigenvalue weighted by Gasteiger charge is -2.35. The van der Waals surface area contributed by atoms with Gasteiger partial charge in [-0.1, -0.05) is 13.8 Å². The van der Waals surface area contributed by atoms with Gasteiger partial charge in [-0.2, -0.15) is 11.8 Å². The van der Waals surface area contributed by atoms with Crippen molar-refractivity contribution in [3.05, 3.63) is 0 Å². The molecular weight excluding hydrogens is 260 g/mol. The Morgan fingerprint density at radius 1 is 1.42 bits per heavy atom. The molecule has 0 spiro atoms. The summed E-state index contributed by atoms with van der Waals surface area (Å²) in [4.78, 5) is 13.9. The van der Waals surface area contributed by atoms with Gasteiger partial charge in [-0.25, -0.2) is 0 Å². The van der Waals surface area contributed by atoms with Crippen LogP contribution in [0.15, 0.2) is 0 Å². The lowest BCUT2D eigenvalue weighted by Crippen LogP contribution is -2.44. The monoisotopic (exact) mass is 286 g/mol. The van der Waals surface area contributed by atoms with E-state index in [0.29, 0.717) is 31.1 Å². The summed E-state index contributed by atoms with van der Waals surface area (Å²) in [5, 5.41) is 3.55. The highest BCUT2D eigenvalue weighted by Crippen LogP contribution is 2.33. The molecule has 1 amide bonds. The predicted octanol–water partition coefficient (Wildman–Crippen LogP) is 1.36. The normalized spacial score (nSPS) is 27.3. The van der Waals surface area contributed by atoms with Crippen LogP contribution in [0.25, 0.3) is 0 Å². The number of nitrogens with one attached hydrogen (secondary N) is 1. The van der Waals surface area contributed by atoms with Crippen LogP contribution in [0.1, 0.15) is 26.7 Å². The molecule has 0 aromatic heterocycles. The molecule has 2 aliphatic heterocycles. The van der Waals surface area contributed by atoms with Gasteiger partial charge in [-0.05, 0) is 17.6 Å². The fourth-order valence-electron chi connectivity index (χ4n) is 2.75. The number of carbonyl (C=O) groups is 1. The first-order chi connectivity index (χ1) is 9.07. The van der Waals surface area contributed by atoms with Crippen molar-refractivity contribution in [1.29, 1.82) is 0 Å². The SMILES string of the molecule is CC1(C)CSCC(NCCC(=O)N2CCOCC2)C1. The fourth-order valence-corrected chi connectivity index (χ4v) is 4.06.